The highest BCUT2D eigenvalue weighted by molar-refractivity contribution is 7.78. The van der Waals surface area contributed by atoms with Gasteiger partial charge >= 0.3 is 0 Å². The van der Waals surface area contributed by atoms with Gasteiger partial charge in [-0.1, -0.05) is 81.5 Å². The first-order valence-electron chi connectivity index (χ1n) is 10.8. The van der Waals surface area contributed by atoms with E-state index in [1.165, 1.54) is 56.1 Å². The van der Waals surface area contributed by atoms with E-state index in [2.05, 4.69) is 41.3 Å². The van der Waals surface area contributed by atoms with Gasteiger partial charge in [0.25, 0.3) is 0 Å². The molecule has 2 aromatic carbocycles. The third-order valence-corrected chi connectivity index (χ3v) is 5.62. The van der Waals surface area contributed by atoms with Crippen molar-refractivity contribution < 1.29 is 9.47 Å². The van der Waals surface area contributed by atoms with Gasteiger partial charge in [0, 0.05) is 11.5 Å². The molecular formula is C25H31NO2S. The number of ether oxygens (including phenoxy) is 2. The maximum absolute atomic E-state index is 6.02. The molecule has 154 valence electrons. The summed E-state index contributed by atoms with van der Waals surface area (Å²) in [5.74, 6) is 0.260. The lowest BCUT2D eigenvalue weighted by Crippen LogP contribution is -2.25. The molecule has 1 saturated heterocycles. The van der Waals surface area contributed by atoms with E-state index in [0.29, 0.717) is 13.2 Å². The van der Waals surface area contributed by atoms with Crippen molar-refractivity contribution in [2.45, 2.75) is 64.1 Å². The predicted molar refractivity (Wildman–Crippen MR) is 122 cm³/mol. The van der Waals surface area contributed by atoms with Crippen LogP contribution >= 0.6 is 12.2 Å². The Morgan fingerprint density at radius 1 is 0.931 bits per heavy atom. The standard InChI is InChI=1S/C25H31NO2S/c1-2-3-4-5-6-7-10-20-13-15-21(16-14-20)22-17-27-25(28-18-22)23-11-8-9-12-24(23)26-19-29/h8-9,11-16,22,25H,2-7,10,17-18H2,1H3. The Morgan fingerprint density at radius 2 is 1.62 bits per heavy atom. The normalized spacial score (nSPS) is 18.9. The van der Waals surface area contributed by atoms with Gasteiger partial charge in [-0.25, -0.2) is 0 Å². The smallest absolute Gasteiger partial charge is 0.185 e. The van der Waals surface area contributed by atoms with Gasteiger partial charge in [0.05, 0.1) is 24.1 Å². The second-order valence-electron chi connectivity index (χ2n) is 7.72. The molecule has 0 atom stereocenters. The molecule has 0 aromatic heterocycles. The lowest BCUT2D eigenvalue weighted by Gasteiger charge is -2.30. The number of unbranched alkanes of at least 4 members (excludes halogenated alkanes) is 5. The first-order chi connectivity index (χ1) is 14.3. The molecule has 1 heterocycles. The van der Waals surface area contributed by atoms with Crippen LogP contribution in [0, 0.1) is 0 Å². The van der Waals surface area contributed by atoms with E-state index < -0.39 is 6.29 Å². The largest absolute Gasteiger partial charge is 0.348 e. The van der Waals surface area contributed by atoms with Gasteiger partial charge in [-0.15, -0.1) is 0 Å². The van der Waals surface area contributed by atoms with Crippen molar-refractivity contribution in [2.75, 3.05) is 13.2 Å². The minimum absolute atomic E-state index is 0.260. The highest BCUT2D eigenvalue weighted by Gasteiger charge is 2.26. The fraction of sp³-hybridized carbons (Fsp3) is 0.480. The molecule has 0 amide bonds. The molecule has 0 saturated carbocycles. The summed E-state index contributed by atoms with van der Waals surface area (Å²) in [6.45, 7) is 3.53. The zero-order valence-corrected chi connectivity index (χ0v) is 18.1. The SMILES string of the molecule is CCCCCCCCc1ccc(C2COC(c3ccccc3N=C=S)OC2)cc1. The summed E-state index contributed by atoms with van der Waals surface area (Å²) in [4.78, 5) is 4.12. The third-order valence-electron chi connectivity index (χ3n) is 5.52. The van der Waals surface area contributed by atoms with Crippen LogP contribution < -0.4 is 0 Å². The first kappa shape index (κ1) is 21.9. The number of aryl methyl sites for hydroxylation is 1. The molecule has 1 aliphatic heterocycles. The van der Waals surface area contributed by atoms with Gasteiger partial charge in [0.1, 0.15) is 0 Å². The summed E-state index contributed by atoms with van der Waals surface area (Å²) in [5, 5.41) is 2.43. The Hall–Kier alpha value is -1.84. The average Bonchev–Trinajstić information content (AvgIpc) is 2.77. The summed E-state index contributed by atoms with van der Waals surface area (Å²) in [7, 11) is 0. The molecule has 0 N–H and O–H groups in total. The lowest BCUT2D eigenvalue weighted by molar-refractivity contribution is -0.191. The van der Waals surface area contributed by atoms with Crippen molar-refractivity contribution in [1.29, 1.82) is 0 Å². The van der Waals surface area contributed by atoms with E-state index in [9.17, 15) is 0 Å². The van der Waals surface area contributed by atoms with Crippen LogP contribution in [0.25, 0.3) is 0 Å². The van der Waals surface area contributed by atoms with Crippen LogP contribution in [0.4, 0.5) is 5.69 Å². The van der Waals surface area contributed by atoms with Crippen LogP contribution in [0.5, 0.6) is 0 Å². The third kappa shape index (κ3) is 6.58. The number of hydrogen-bond donors (Lipinski definition) is 0. The number of thiocarbonyl (C=S) groups is 1. The molecule has 0 unspecified atom stereocenters. The van der Waals surface area contributed by atoms with E-state index in [-0.39, 0.29) is 5.92 Å². The molecule has 2 aromatic rings. The second-order valence-corrected chi connectivity index (χ2v) is 7.90. The number of hydrogen-bond acceptors (Lipinski definition) is 4. The minimum atomic E-state index is -0.401. The molecule has 29 heavy (non-hydrogen) atoms. The number of isothiocyanates is 1. The number of benzene rings is 2. The van der Waals surface area contributed by atoms with Gasteiger partial charge in [-0.3, -0.25) is 0 Å². The van der Waals surface area contributed by atoms with Crippen LogP contribution in [-0.4, -0.2) is 18.4 Å². The fourth-order valence-electron chi connectivity index (χ4n) is 3.78. The molecule has 0 aliphatic carbocycles. The van der Waals surface area contributed by atoms with Crippen LogP contribution in [0.3, 0.4) is 0 Å². The van der Waals surface area contributed by atoms with Crippen molar-refractivity contribution in [3.8, 4) is 0 Å². The second kappa shape index (κ2) is 12.0. The predicted octanol–water partition coefficient (Wildman–Crippen LogP) is 7.15. The molecule has 3 nitrogen and oxygen atoms in total. The monoisotopic (exact) mass is 409 g/mol. The van der Waals surface area contributed by atoms with Crippen molar-refractivity contribution in [3.05, 3.63) is 65.2 Å². The molecule has 0 spiro atoms. The van der Waals surface area contributed by atoms with Gasteiger partial charge in [-0.05, 0) is 42.3 Å². The minimum Gasteiger partial charge on any atom is -0.348 e. The number of rotatable bonds is 10. The molecule has 3 rings (SSSR count). The van der Waals surface area contributed by atoms with Crippen LogP contribution in [0.15, 0.2) is 53.5 Å². The number of nitrogens with zero attached hydrogens (tertiary/aromatic N) is 1. The maximum Gasteiger partial charge on any atom is 0.185 e. The van der Waals surface area contributed by atoms with Crippen LogP contribution in [0.2, 0.25) is 0 Å². The highest BCUT2D eigenvalue weighted by Crippen LogP contribution is 2.34. The maximum atomic E-state index is 6.02. The van der Waals surface area contributed by atoms with Gasteiger partial charge in [-0.2, -0.15) is 4.99 Å². The lowest BCUT2D eigenvalue weighted by atomic mass is 9.97. The fourth-order valence-corrected chi connectivity index (χ4v) is 3.88. The van der Waals surface area contributed by atoms with Gasteiger partial charge in [0.2, 0.25) is 0 Å². The van der Waals surface area contributed by atoms with Crippen LogP contribution in [-0.2, 0) is 15.9 Å². The van der Waals surface area contributed by atoms with E-state index in [1.54, 1.807) is 0 Å². The summed E-state index contributed by atoms with van der Waals surface area (Å²) in [6.07, 6.45) is 8.80. The Kier molecular flexibility index (Phi) is 9.04. The van der Waals surface area contributed by atoms with Gasteiger partial charge < -0.3 is 9.47 Å². The van der Waals surface area contributed by atoms with Gasteiger partial charge in [0.15, 0.2) is 6.29 Å². The van der Waals surface area contributed by atoms with E-state index in [1.807, 2.05) is 24.3 Å². The van der Waals surface area contributed by atoms with Crippen molar-refractivity contribution in [2.24, 2.45) is 4.99 Å². The zero-order chi connectivity index (χ0) is 20.3. The summed E-state index contributed by atoms with van der Waals surface area (Å²) < 4.78 is 12.0. The number of aliphatic imine (C=N–C) groups is 1. The number of para-hydroxylation sites is 1. The summed E-state index contributed by atoms with van der Waals surface area (Å²) in [5.41, 5.74) is 4.36. The zero-order valence-electron chi connectivity index (χ0n) is 17.3. The topological polar surface area (TPSA) is 30.8 Å². The van der Waals surface area contributed by atoms with E-state index in [4.69, 9.17) is 21.7 Å². The summed E-state index contributed by atoms with van der Waals surface area (Å²) >= 11 is 4.74. The highest BCUT2D eigenvalue weighted by atomic mass is 32.1. The van der Waals surface area contributed by atoms with Crippen molar-refractivity contribution >= 4 is 23.1 Å². The first-order valence-corrected chi connectivity index (χ1v) is 11.2. The molecule has 0 radical (unpaired) electrons. The quantitative estimate of drug-likeness (QED) is 0.237. The Balaban J connectivity index is 1.48. The van der Waals surface area contributed by atoms with Crippen molar-refractivity contribution in [1.82, 2.24) is 0 Å². The van der Waals surface area contributed by atoms with Crippen LogP contribution in [0.1, 0.15) is 74.3 Å². The Bertz CT molecular complexity index is 791. The molecule has 4 heteroatoms. The Morgan fingerprint density at radius 3 is 2.34 bits per heavy atom. The molecular weight excluding hydrogens is 378 g/mol. The average molecular weight is 410 g/mol. The molecule has 1 aliphatic rings. The van der Waals surface area contributed by atoms with Crippen molar-refractivity contribution in [3.63, 3.8) is 0 Å². The molecule has 0 bridgehead atoms. The van der Waals surface area contributed by atoms with E-state index >= 15 is 0 Å². The Labute approximate surface area is 180 Å². The summed E-state index contributed by atoms with van der Waals surface area (Å²) in [6, 6.07) is 16.7. The molecule has 1 fully saturated rings. The van der Waals surface area contributed by atoms with E-state index in [0.717, 1.165) is 11.3 Å².